The fraction of sp³-hybridized carbons (Fsp3) is 0.562. The van der Waals surface area contributed by atoms with Gasteiger partial charge >= 0.3 is 5.97 Å². The van der Waals surface area contributed by atoms with Gasteiger partial charge in [0.25, 0.3) is 0 Å². The van der Waals surface area contributed by atoms with E-state index in [0.717, 1.165) is 43.4 Å². The maximum absolute atomic E-state index is 11.2. The first-order valence-electron chi connectivity index (χ1n) is 7.33. The third kappa shape index (κ3) is 4.15. The number of aryl methyl sites for hydroxylation is 1. The van der Waals surface area contributed by atoms with Crippen LogP contribution in [-0.4, -0.2) is 23.8 Å². The summed E-state index contributed by atoms with van der Waals surface area (Å²) in [4.78, 5) is 11.2. The van der Waals surface area contributed by atoms with Crippen molar-refractivity contribution in [3.63, 3.8) is 0 Å². The number of phenolic OH excluding ortho intramolecular Hbond substituents is 1. The van der Waals surface area contributed by atoms with Crippen molar-refractivity contribution < 1.29 is 19.4 Å². The number of hydrogen-bond donors (Lipinski definition) is 1. The first-order valence-corrected chi connectivity index (χ1v) is 7.33. The third-order valence-electron chi connectivity index (χ3n) is 3.54. The van der Waals surface area contributed by atoms with Crippen molar-refractivity contribution in [3.8, 4) is 11.5 Å². The second-order valence-corrected chi connectivity index (χ2v) is 5.12. The maximum atomic E-state index is 11.2. The van der Waals surface area contributed by atoms with Gasteiger partial charge in [-0.15, -0.1) is 0 Å². The molecule has 4 nitrogen and oxygen atoms in total. The van der Waals surface area contributed by atoms with E-state index in [4.69, 9.17) is 9.47 Å². The fourth-order valence-corrected chi connectivity index (χ4v) is 2.49. The Labute approximate surface area is 119 Å². The minimum absolute atomic E-state index is 0.118. The molecule has 0 aromatic heterocycles. The predicted molar refractivity (Wildman–Crippen MR) is 75.9 cm³/mol. The molecule has 0 saturated carbocycles. The van der Waals surface area contributed by atoms with E-state index in [1.54, 1.807) is 12.1 Å². The lowest BCUT2D eigenvalue weighted by Crippen LogP contribution is -2.22. The van der Waals surface area contributed by atoms with Crippen LogP contribution in [0.15, 0.2) is 18.2 Å². The highest BCUT2D eigenvalue weighted by molar-refractivity contribution is 5.69. The van der Waals surface area contributed by atoms with Gasteiger partial charge < -0.3 is 14.6 Å². The first-order chi connectivity index (χ1) is 9.69. The molecule has 1 atom stereocenters. The summed E-state index contributed by atoms with van der Waals surface area (Å²) < 4.78 is 10.8. The number of carbonyl (C=O) groups is 1. The molecule has 1 aromatic rings. The van der Waals surface area contributed by atoms with Crippen molar-refractivity contribution in [2.45, 2.75) is 51.6 Å². The van der Waals surface area contributed by atoms with E-state index in [0.29, 0.717) is 13.0 Å². The Hall–Kier alpha value is -1.71. The highest BCUT2D eigenvalue weighted by Gasteiger charge is 2.19. The van der Waals surface area contributed by atoms with E-state index in [9.17, 15) is 9.90 Å². The van der Waals surface area contributed by atoms with Crippen molar-refractivity contribution in [2.24, 2.45) is 0 Å². The maximum Gasteiger partial charge on any atom is 0.305 e. The highest BCUT2D eigenvalue weighted by Crippen LogP contribution is 2.32. The van der Waals surface area contributed by atoms with E-state index >= 15 is 0 Å². The smallest absolute Gasteiger partial charge is 0.305 e. The quantitative estimate of drug-likeness (QED) is 0.641. The molecule has 20 heavy (non-hydrogen) atoms. The van der Waals surface area contributed by atoms with Gasteiger partial charge in [0.05, 0.1) is 12.7 Å². The number of benzene rings is 1. The van der Waals surface area contributed by atoms with Crippen LogP contribution in [0.3, 0.4) is 0 Å². The average molecular weight is 278 g/mol. The molecule has 0 unspecified atom stereocenters. The summed E-state index contributed by atoms with van der Waals surface area (Å²) in [6, 6.07) is 5.30. The van der Waals surface area contributed by atoms with Gasteiger partial charge in [0.15, 0.2) is 0 Å². The number of carbonyl (C=O) groups excluding carboxylic acids is 1. The largest absolute Gasteiger partial charge is 0.508 e. The van der Waals surface area contributed by atoms with Crippen LogP contribution in [0.5, 0.6) is 11.5 Å². The van der Waals surface area contributed by atoms with Crippen molar-refractivity contribution >= 4 is 5.97 Å². The molecule has 0 saturated heterocycles. The molecule has 0 aliphatic carbocycles. The van der Waals surface area contributed by atoms with E-state index in [-0.39, 0.29) is 17.8 Å². The summed E-state index contributed by atoms with van der Waals surface area (Å²) in [7, 11) is 0. The van der Waals surface area contributed by atoms with Crippen molar-refractivity contribution in [1.82, 2.24) is 0 Å². The van der Waals surface area contributed by atoms with Gasteiger partial charge in [0.2, 0.25) is 0 Å². The Bertz CT molecular complexity index is 456. The molecule has 0 spiro atoms. The molecule has 1 aliphatic heterocycles. The second-order valence-electron chi connectivity index (χ2n) is 5.12. The zero-order chi connectivity index (χ0) is 14.4. The van der Waals surface area contributed by atoms with E-state index < -0.39 is 0 Å². The van der Waals surface area contributed by atoms with Gasteiger partial charge in [0, 0.05) is 12.5 Å². The number of hydrogen-bond acceptors (Lipinski definition) is 4. The van der Waals surface area contributed by atoms with Crippen LogP contribution in [0, 0.1) is 0 Å². The van der Waals surface area contributed by atoms with Crippen molar-refractivity contribution in [1.29, 1.82) is 0 Å². The molecule has 0 fully saturated rings. The Morgan fingerprint density at radius 3 is 3.10 bits per heavy atom. The van der Waals surface area contributed by atoms with Gasteiger partial charge in [-0.05, 0) is 50.7 Å². The van der Waals surface area contributed by atoms with Gasteiger partial charge in [0.1, 0.15) is 11.5 Å². The summed E-state index contributed by atoms with van der Waals surface area (Å²) in [5, 5.41) is 9.47. The molecular formula is C16H22O4. The molecule has 1 heterocycles. The standard InChI is InChI=1S/C16H22O4/c1-2-19-16(18)6-4-3-5-14-10-8-12-7-9-13(17)11-15(12)20-14/h7,9,11,14,17H,2-6,8,10H2,1H3/t14-/m0/s1. The van der Waals surface area contributed by atoms with Crippen molar-refractivity contribution in [3.05, 3.63) is 23.8 Å². The number of fused-ring (bicyclic) bond motifs is 1. The van der Waals surface area contributed by atoms with Crippen LogP contribution in [-0.2, 0) is 16.0 Å². The molecule has 1 aromatic carbocycles. The topological polar surface area (TPSA) is 55.8 Å². The normalized spacial score (nSPS) is 17.1. The van der Waals surface area contributed by atoms with Crippen LogP contribution in [0.4, 0.5) is 0 Å². The third-order valence-corrected chi connectivity index (χ3v) is 3.54. The second kappa shape index (κ2) is 7.17. The molecular weight excluding hydrogens is 256 g/mol. The van der Waals surface area contributed by atoms with Gasteiger partial charge in [-0.25, -0.2) is 0 Å². The van der Waals surface area contributed by atoms with E-state index in [1.807, 2.05) is 13.0 Å². The summed E-state index contributed by atoms with van der Waals surface area (Å²) in [6.07, 6.45) is 5.39. The molecule has 4 heteroatoms. The Balaban J connectivity index is 1.72. The van der Waals surface area contributed by atoms with Gasteiger partial charge in [-0.1, -0.05) is 6.07 Å². The van der Waals surface area contributed by atoms with Crippen LogP contribution >= 0.6 is 0 Å². The first kappa shape index (κ1) is 14.7. The molecule has 110 valence electrons. The molecule has 0 amide bonds. The zero-order valence-electron chi connectivity index (χ0n) is 11.9. The minimum Gasteiger partial charge on any atom is -0.508 e. The number of rotatable bonds is 6. The lowest BCUT2D eigenvalue weighted by Gasteiger charge is -2.26. The van der Waals surface area contributed by atoms with Crippen LogP contribution in [0.25, 0.3) is 0 Å². The van der Waals surface area contributed by atoms with Gasteiger partial charge in [-0.3, -0.25) is 4.79 Å². The zero-order valence-corrected chi connectivity index (χ0v) is 11.9. The lowest BCUT2D eigenvalue weighted by molar-refractivity contribution is -0.143. The SMILES string of the molecule is CCOC(=O)CCCC[C@H]1CCc2ccc(O)cc2O1. The monoisotopic (exact) mass is 278 g/mol. The Morgan fingerprint density at radius 1 is 1.45 bits per heavy atom. The average Bonchev–Trinajstić information content (AvgIpc) is 2.43. The number of esters is 1. The summed E-state index contributed by atoms with van der Waals surface area (Å²) in [6.45, 7) is 2.27. The number of phenols is 1. The molecule has 1 N–H and O–H groups in total. The summed E-state index contributed by atoms with van der Waals surface area (Å²) >= 11 is 0. The van der Waals surface area contributed by atoms with Crippen molar-refractivity contribution in [2.75, 3.05) is 6.61 Å². The number of aromatic hydroxyl groups is 1. The molecule has 1 aliphatic rings. The van der Waals surface area contributed by atoms with Crippen LogP contribution in [0.2, 0.25) is 0 Å². The fourth-order valence-electron chi connectivity index (χ4n) is 2.49. The van der Waals surface area contributed by atoms with E-state index in [2.05, 4.69) is 0 Å². The number of ether oxygens (including phenoxy) is 2. The molecule has 2 rings (SSSR count). The highest BCUT2D eigenvalue weighted by atomic mass is 16.5. The number of unbranched alkanes of at least 4 members (excludes halogenated alkanes) is 1. The summed E-state index contributed by atoms with van der Waals surface area (Å²) in [5.41, 5.74) is 1.16. The van der Waals surface area contributed by atoms with E-state index in [1.165, 1.54) is 0 Å². The predicted octanol–water partition coefficient (Wildman–Crippen LogP) is 3.21. The summed E-state index contributed by atoms with van der Waals surface area (Å²) in [5.74, 6) is 0.922. The van der Waals surface area contributed by atoms with Crippen LogP contribution in [0.1, 0.15) is 44.6 Å². The lowest BCUT2D eigenvalue weighted by atomic mass is 9.98. The Kier molecular flexibility index (Phi) is 5.27. The minimum atomic E-state index is -0.118. The molecule has 0 radical (unpaired) electrons. The van der Waals surface area contributed by atoms with Crippen LogP contribution < -0.4 is 4.74 Å². The Morgan fingerprint density at radius 2 is 2.30 bits per heavy atom. The van der Waals surface area contributed by atoms with Gasteiger partial charge in [-0.2, -0.15) is 0 Å². The molecule has 0 bridgehead atoms.